The molecular weight excluding hydrogens is 284 g/mol. The molecule has 0 fully saturated rings. The maximum absolute atomic E-state index is 5.78. The Morgan fingerprint density at radius 2 is 1.70 bits per heavy atom. The fourth-order valence-corrected chi connectivity index (χ4v) is 2.76. The van der Waals surface area contributed by atoms with Crippen LogP contribution in [0.25, 0.3) is 21.5 Å². The molecule has 0 spiro atoms. The van der Waals surface area contributed by atoms with Crippen molar-refractivity contribution in [3.63, 3.8) is 0 Å². The van der Waals surface area contributed by atoms with Crippen molar-refractivity contribution in [2.45, 2.75) is 33.6 Å². The second-order valence-corrected chi connectivity index (χ2v) is 6.42. The number of benzene rings is 3. The molecule has 0 N–H and O–H groups in total. The highest BCUT2D eigenvalue weighted by Crippen LogP contribution is 2.35. The van der Waals surface area contributed by atoms with Crippen LogP contribution in [0.1, 0.15) is 32.8 Å². The van der Waals surface area contributed by atoms with Crippen LogP contribution in [-0.4, -0.2) is 6.61 Å². The van der Waals surface area contributed by atoms with Crippen LogP contribution in [0.4, 0.5) is 0 Å². The van der Waals surface area contributed by atoms with E-state index >= 15 is 0 Å². The predicted molar refractivity (Wildman–Crippen MR) is 96.9 cm³/mol. The summed E-state index contributed by atoms with van der Waals surface area (Å²) in [5.74, 6) is 1.44. The topological polar surface area (TPSA) is 18.5 Å². The Hall–Kier alpha value is -2.06. The minimum Gasteiger partial charge on any atom is -0.336 e. The lowest BCUT2D eigenvalue weighted by molar-refractivity contribution is -0.206. The Morgan fingerprint density at radius 1 is 0.913 bits per heavy atom. The Bertz CT molecular complexity index is 805. The predicted octanol–water partition coefficient (Wildman–Crippen LogP) is 5.91. The quantitative estimate of drug-likeness (QED) is 0.244. The van der Waals surface area contributed by atoms with Crippen molar-refractivity contribution in [1.29, 1.82) is 0 Å². The van der Waals surface area contributed by atoms with E-state index in [1.54, 1.807) is 0 Å². The average molecular weight is 308 g/mol. The van der Waals surface area contributed by atoms with E-state index in [1.807, 2.05) is 6.07 Å². The van der Waals surface area contributed by atoms with Crippen molar-refractivity contribution in [2.24, 2.45) is 5.92 Å². The fraction of sp³-hybridized carbons (Fsp3) is 0.333. The molecule has 0 aliphatic heterocycles. The third kappa shape index (κ3) is 3.48. The summed E-state index contributed by atoms with van der Waals surface area (Å²) in [6.07, 6.45) is 2.00. The number of fused-ring (bicyclic) bond motifs is 2. The summed E-state index contributed by atoms with van der Waals surface area (Å²) in [7, 11) is 0. The van der Waals surface area contributed by atoms with Crippen molar-refractivity contribution in [3.05, 3.63) is 54.1 Å². The second kappa shape index (κ2) is 7.01. The maximum atomic E-state index is 5.78. The molecule has 0 atom stereocenters. The lowest BCUT2D eigenvalue weighted by Crippen LogP contribution is -2.03. The monoisotopic (exact) mass is 308 g/mol. The minimum atomic E-state index is 0.606. The fourth-order valence-electron chi connectivity index (χ4n) is 2.76. The largest absolute Gasteiger partial charge is 0.336 e. The van der Waals surface area contributed by atoms with Gasteiger partial charge in [-0.3, -0.25) is 0 Å². The second-order valence-electron chi connectivity index (χ2n) is 6.42. The molecule has 0 saturated carbocycles. The van der Waals surface area contributed by atoms with Gasteiger partial charge >= 0.3 is 0 Å². The van der Waals surface area contributed by atoms with Gasteiger partial charge in [0.1, 0.15) is 0 Å². The molecule has 3 aromatic carbocycles. The van der Waals surface area contributed by atoms with Crippen LogP contribution in [0, 0.1) is 5.92 Å². The molecular formula is C21H24O2. The highest BCUT2D eigenvalue weighted by Gasteiger charge is 2.11. The van der Waals surface area contributed by atoms with Gasteiger partial charge in [-0.15, -0.1) is 0 Å². The first-order valence-corrected chi connectivity index (χ1v) is 8.43. The molecule has 2 heteroatoms. The Balaban J connectivity index is 2.04. The first-order valence-electron chi connectivity index (χ1n) is 8.43. The van der Waals surface area contributed by atoms with Crippen molar-refractivity contribution >= 4 is 21.5 Å². The van der Waals surface area contributed by atoms with E-state index in [0.29, 0.717) is 12.5 Å². The highest BCUT2D eigenvalue weighted by atomic mass is 17.2. The zero-order chi connectivity index (χ0) is 16.2. The summed E-state index contributed by atoms with van der Waals surface area (Å²) < 4.78 is 0. The normalized spacial score (nSPS) is 11.5. The zero-order valence-electron chi connectivity index (χ0n) is 14.1. The van der Waals surface area contributed by atoms with E-state index in [9.17, 15) is 0 Å². The standard InChI is InChI=1S/C21H24O2/c1-4-16-9-10-18-14-17-7-5-6-8-19(17)21(20(18)13-16)23-22-12-11-15(2)3/h5-10,13-15H,4,11-12H2,1-3H3. The van der Waals surface area contributed by atoms with E-state index in [2.05, 4.69) is 63.2 Å². The van der Waals surface area contributed by atoms with Gasteiger partial charge in [0.25, 0.3) is 0 Å². The van der Waals surface area contributed by atoms with Crippen molar-refractivity contribution < 1.29 is 9.78 Å². The van der Waals surface area contributed by atoms with Crippen LogP contribution in [0.2, 0.25) is 0 Å². The zero-order valence-corrected chi connectivity index (χ0v) is 14.1. The molecule has 3 rings (SSSR count). The molecule has 0 saturated heterocycles. The van der Waals surface area contributed by atoms with E-state index < -0.39 is 0 Å². The van der Waals surface area contributed by atoms with E-state index in [4.69, 9.17) is 9.78 Å². The lowest BCUT2D eigenvalue weighted by atomic mass is 10.00. The molecule has 0 amide bonds. The van der Waals surface area contributed by atoms with E-state index in [-0.39, 0.29) is 0 Å². The van der Waals surface area contributed by atoms with Crippen LogP contribution >= 0.6 is 0 Å². The van der Waals surface area contributed by atoms with Gasteiger partial charge < -0.3 is 4.89 Å². The summed E-state index contributed by atoms with van der Waals surface area (Å²) in [5.41, 5.74) is 1.31. The first-order chi connectivity index (χ1) is 11.2. The third-order valence-corrected chi connectivity index (χ3v) is 4.21. The van der Waals surface area contributed by atoms with Gasteiger partial charge in [-0.05, 0) is 47.2 Å². The van der Waals surface area contributed by atoms with Crippen LogP contribution in [0.5, 0.6) is 5.75 Å². The molecule has 0 aliphatic carbocycles. The van der Waals surface area contributed by atoms with Crippen molar-refractivity contribution in [2.75, 3.05) is 6.61 Å². The highest BCUT2D eigenvalue weighted by molar-refractivity contribution is 6.05. The van der Waals surface area contributed by atoms with Gasteiger partial charge in [-0.1, -0.05) is 57.2 Å². The molecule has 0 aromatic heterocycles. The van der Waals surface area contributed by atoms with Gasteiger partial charge in [0.2, 0.25) is 0 Å². The maximum Gasteiger partial charge on any atom is 0.181 e. The summed E-state index contributed by atoms with van der Waals surface area (Å²) in [5, 5.41) is 4.57. The Morgan fingerprint density at radius 3 is 2.48 bits per heavy atom. The van der Waals surface area contributed by atoms with Gasteiger partial charge in [0, 0.05) is 10.8 Å². The smallest absolute Gasteiger partial charge is 0.181 e. The molecule has 0 heterocycles. The molecule has 0 unspecified atom stereocenters. The molecule has 3 aromatic rings. The minimum absolute atomic E-state index is 0.606. The SMILES string of the molecule is CCc1ccc2cc3ccccc3c(OOCCC(C)C)c2c1. The van der Waals surface area contributed by atoms with Crippen molar-refractivity contribution in [1.82, 2.24) is 0 Å². The Kier molecular flexibility index (Phi) is 4.82. The number of aryl methyl sites for hydroxylation is 1. The van der Waals surface area contributed by atoms with Crippen molar-refractivity contribution in [3.8, 4) is 5.75 Å². The van der Waals surface area contributed by atoms with Gasteiger partial charge in [-0.2, -0.15) is 4.89 Å². The summed E-state index contributed by atoms with van der Waals surface area (Å²) in [6, 6.07) is 17.1. The molecule has 0 bridgehead atoms. The van der Waals surface area contributed by atoms with Gasteiger partial charge in [0.05, 0.1) is 6.61 Å². The summed E-state index contributed by atoms with van der Waals surface area (Å²) >= 11 is 0. The van der Waals surface area contributed by atoms with E-state index in [0.717, 1.165) is 29.4 Å². The molecule has 2 nitrogen and oxygen atoms in total. The Labute approximate surface area is 138 Å². The summed E-state index contributed by atoms with van der Waals surface area (Å²) in [6.45, 7) is 7.14. The van der Waals surface area contributed by atoms with Crippen LogP contribution in [0.15, 0.2) is 48.5 Å². The summed E-state index contributed by atoms with van der Waals surface area (Å²) in [4.78, 5) is 11.3. The average Bonchev–Trinajstić information content (AvgIpc) is 2.57. The molecule has 120 valence electrons. The first kappa shape index (κ1) is 15.8. The van der Waals surface area contributed by atoms with Crippen LogP contribution in [0.3, 0.4) is 0 Å². The number of rotatable bonds is 6. The number of hydrogen-bond acceptors (Lipinski definition) is 2. The van der Waals surface area contributed by atoms with Crippen LogP contribution < -0.4 is 4.89 Å². The number of hydrogen-bond donors (Lipinski definition) is 0. The van der Waals surface area contributed by atoms with E-state index in [1.165, 1.54) is 16.3 Å². The third-order valence-electron chi connectivity index (χ3n) is 4.21. The van der Waals surface area contributed by atoms with Gasteiger partial charge in [-0.25, -0.2) is 0 Å². The molecule has 23 heavy (non-hydrogen) atoms. The lowest BCUT2D eigenvalue weighted by Gasteiger charge is -2.13. The van der Waals surface area contributed by atoms with Crippen LogP contribution in [-0.2, 0) is 11.3 Å². The molecule has 0 radical (unpaired) electrons. The van der Waals surface area contributed by atoms with Gasteiger partial charge in [0.15, 0.2) is 5.75 Å². The molecule has 0 aliphatic rings.